The van der Waals surface area contributed by atoms with Gasteiger partial charge in [0, 0.05) is 11.6 Å². The first-order chi connectivity index (χ1) is 11.8. The smallest absolute Gasteiger partial charge is 0.338 e. The molecule has 0 aliphatic heterocycles. The minimum Gasteiger partial charge on any atom is -0.462 e. The predicted octanol–water partition coefficient (Wildman–Crippen LogP) is 4.98. The van der Waals surface area contributed by atoms with Crippen molar-refractivity contribution < 1.29 is 14.3 Å². The highest BCUT2D eigenvalue weighted by Gasteiger charge is 2.08. The molecule has 2 aromatic carbocycles. The standard InChI is InChI=1S/C20H19NO3/c1-2-3-14-23-20(22)15-9-11-16(12-10-15)24-19-8-4-7-18-17(19)6-5-13-21-18/h4-13H,2-3,14H2,1H3. The zero-order valence-electron chi connectivity index (χ0n) is 13.6. The van der Waals surface area contributed by atoms with E-state index in [-0.39, 0.29) is 5.97 Å². The lowest BCUT2D eigenvalue weighted by Gasteiger charge is -2.09. The van der Waals surface area contributed by atoms with E-state index < -0.39 is 0 Å². The van der Waals surface area contributed by atoms with E-state index in [4.69, 9.17) is 9.47 Å². The van der Waals surface area contributed by atoms with Crippen LogP contribution < -0.4 is 4.74 Å². The Morgan fingerprint density at radius 2 is 1.88 bits per heavy atom. The molecule has 0 fully saturated rings. The lowest BCUT2D eigenvalue weighted by molar-refractivity contribution is 0.0499. The maximum atomic E-state index is 11.9. The Hall–Kier alpha value is -2.88. The van der Waals surface area contributed by atoms with Crippen molar-refractivity contribution in [2.75, 3.05) is 6.61 Å². The van der Waals surface area contributed by atoms with Gasteiger partial charge in [-0.3, -0.25) is 4.98 Å². The minimum atomic E-state index is -0.302. The molecule has 3 aromatic rings. The first kappa shape index (κ1) is 16.0. The summed E-state index contributed by atoms with van der Waals surface area (Å²) < 4.78 is 11.1. The highest BCUT2D eigenvalue weighted by Crippen LogP contribution is 2.28. The van der Waals surface area contributed by atoms with E-state index in [1.54, 1.807) is 30.5 Å². The second kappa shape index (κ2) is 7.59. The zero-order valence-corrected chi connectivity index (χ0v) is 13.6. The molecule has 1 aromatic heterocycles. The number of hydrogen-bond donors (Lipinski definition) is 0. The van der Waals surface area contributed by atoms with Crippen LogP contribution in [0.15, 0.2) is 60.8 Å². The van der Waals surface area contributed by atoms with Gasteiger partial charge < -0.3 is 9.47 Å². The number of ether oxygens (including phenoxy) is 2. The van der Waals surface area contributed by atoms with Crippen molar-refractivity contribution in [3.05, 3.63) is 66.4 Å². The lowest BCUT2D eigenvalue weighted by atomic mass is 10.2. The Balaban J connectivity index is 1.73. The first-order valence-electron chi connectivity index (χ1n) is 8.06. The summed E-state index contributed by atoms with van der Waals surface area (Å²) in [5.74, 6) is 1.10. The number of fused-ring (bicyclic) bond motifs is 1. The van der Waals surface area contributed by atoms with Gasteiger partial charge in [0.05, 0.1) is 17.7 Å². The van der Waals surface area contributed by atoms with Crippen LogP contribution in [-0.2, 0) is 4.74 Å². The number of rotatable bonds is 6. The Morgan fingerprint density at radius 3 is 2.67 bits per heavy atom. The number of unbranched alkanes of at least 4 members (excludes halogenated alkanes) is 1. The van der Waals surface area contributed by atoms with Gasteiger partial charge in [-0.1, -0.05) is 19.4 Å². The van der Waals surface area contributed by atoms with Gasteiger partial charge >= 0.3 is 5.97 Å². The summed E-state index contributed by atoms with van der Waals surface area (Å²) in [5.41, 5.74) is 1.41. The molecule has 0 aliphatic carbocycles. The number of carbonyl (C=O) groups is 1. The molecule has 0 atom stereocenters. The molecule has 0 spiro atoms. The summed E-state index contributed by atoms with van der Waals surface area (Å²) in [6.07, 6.45) is 3.63. The van der Waals surface area contributed by atoms with Crippen molar-refractivity contribution in [3.8, 4) is 11.5 Å². The average molecular weight is 321 g/mol. The molecule has 0 radical (unpaired) electrons. The van der Waals surface area contributed by atoms with Crippen LogP contribution in [0.2, 0.25) is 0 Å². The maximum absolute atomic E-state index is 11.9. The van der Waals surface area contributed by atoms with Gasteiger partial charge in [0.15, 0.2) is 0 Å². The van der Waals surface area contributed by atoms with Crippen LogP contribution in [0.4, 0.5) is 0 Å². The molecule has 0 aliphatic rings. The van der Waals surface area contributed by atoms with E-state index in [1.807, 2.05) is 30.3 Å². The fourth-order valence-electron chi connectivity index (χ4n) is 2.34. The highest BCUT2D eigenvalue weighted by molar-refractivity contribution is 5.89. The third-order valence-corrected chi connectivity index (χ3v) is 3.65. The molecule has 0 bridgehead atoms. The molecule has 4 nitrogen and oxygen atoms in total. The number of nitrogens with zero attached hydrogens (tertiary/aromatic N) is 1. The van der Waals surface area contributed by atoms with E-state index in [0.717, 1.165) is 29.5 Å². The summed E-state index contributed by atoms with van der Waals surface area (Å²) in [6.45, 7) is 2.51. The van der Waals surface area contributed by atoms with E-state index in [2.05, 4.69) is 11.9 Å². The van der Waals surface area contributed by atoms with E-state index in [1.165, 1.54) is 0 Å². The Labute approximate surface area is 141 Å². The van der Waals surface area contributed by atoms with Crippen LogP contribution in [-0.4, -0.2) is 17.6 Å². The van der Waals surface area contributed by atoms with Crippen LogP contribution >= 0.6 is 0 Å². The predicted molar refractivity (Wildman–Crippen MR) is 93.4 cm³/mol. The van der Waals surface area contributed by atoms with E-state index >= 15 is 0 Å². The zero-order chi connectivity index (χ0) is 16.8. The third kappa shape index (κ3) is 3.71. The van der Waals surface area contributed by atoms with Gasteiger partial charge in [0.25, 0.3) is 0 Å². The number of benzene rings is 2. The average Bonchev–Trinajstić information content (AvgIpc) is 2.63. The summed E-state index contributed by atoms with van der Waals surface area (Å²) in [6, 6.07) is 16.6. The quantitative estimate of drug-likeness (QED) is 0.474. The second-order valence-corrected chi connectivity index (χ2v) is 5.44. The van der Waals surface area contributed by atoms with Crippen LogP contribution in [0.25, 0.3) is 10.9 Å². The topological polar surface area (TPSA) is 48.4 Å². The van der Waals surface area contributed by atoms with Gasteiger partial charge in [0.2, 0.25) is 0 Å². The van der Waals surface area contributed by atoms with Crippen molar-refractivity contribution in [1.82, 2.24) is 4.98 Å². The van der Waals surface area contributed by atoms with Crippen molar-refractivity contribution in [3.63, 3.8) is 0 Å². The highest BCUT2D eigenvalue weighted by atomic mass is 16.5. The second-order valence-electron chi connectivity index (χ2n) is 5.44. The van der Waals surface area contributed by atoms with Crippen molar-refractivity contribution in [1.29, 1.82) is 0 Å². The normalized spacial score (nSPS) is 10.5. The molecule has 0 saturated carbocycles. The number of carbonyl (C=O) groups excluding carboxylic acids is 1. The molecule has 24 heavy (non-hydrogen) atoms. The van der Waals surface area contributed by atoms with Crippen molar-refractivity contribution in [2.45, 2.75) is 19.8 Å². The SMILES string of the molecule is CCCCOC(=O)c1ccc(Oc2cccc3ncccc23)cc1. The Morgan fingerprint density at radius 1 is 1.04 bits per heavy atom. The lowest BCUT2D eigenvalue weighted by Crippen LogP contribution is -2.06. The summed E-state index contributed by atoms with van der Waals surface area (Å²) in [7, 11) is 0. The summed E-state index contributed by atoms with van der Waals surface area (Å²) >= 11 is 0. The molecule has 4 heteroatoms. The van der Waals surface area contributed by atoms with Gasteiger partial charge in [0.1, 0.15) is 11.5 Å². The molecular weight excluding hydrogens is 302 g/mol. The number of hydrogen-bond acceptors (Lipinski definition) is 4. The van der Waals surface area contributed by atoms with Crippen molar-refractivity contribution in [2.24, 2.45) is 0 Å². The molecule has 122 valence electrons. The Kier molecular flexibility index (Phi) is 5.06. The van der Waals surface area contributed by atoms with Gasteiger partial charge in [-0.15, -0.1) is 0 Å². The largest absolute Gasteiger partial charge is 0.462 e. The molecule has 0 saturated heterocycles. The Bertz CT molecular complexity index is 822. The summed E-state index contributed by atoms with van der Waals surface area (Å²) in [4.78, 5) is 16.2. The number of aromatic nitrogens is 1. The fraction of sp³-hybridized carbons (Fsp3) is 0.200. The number of pyridine rings is 1. The van der Waals surface area contributed by atoms with Gasteiger partial charge in [-0.05, 0) is 55.0 Å². The molecular formula is C20H19NO3. The molecule has 0 unspecified atom stereocenters. The molecule has 3 rings (SSSR count). The monoisotopic (exact) mass is 321 g/mol. The van der Waals surface area contributed by atoms with Gasteiger partial charge in [-0.25, -0.2) is 4.79 Å². The minimum absolute atomic E-state index is 0.302. The number of esters is 1. The van der Waals surface area contributed by atoms with Crippen LogP contribution in [0.1, 0.15) is 30.1 Å². The van der Waals surface area contributed by atoms with Crippen molar-refractivity contribution >= 4 is 16.9 Å². The van der Waals surface area contributed by atoms with E-state index in [9.17, 15) is 4.79 Å². The van der Waals surface area contributed by atoms with Gasteiger partial charge in [-0.2, -0.15) is 0 Å². The van der Waals surface area contributed by atoms with Crippen LogP contribution in [0.5, 0.6) is 11.5 Å². The third-order valence-electron chi connectivity index (χ3n) is 3.65. The van der Waals surface area contributed by atoms with Crippen LogP contribution in [0.3, 0.4) is 0 Å². The molecule has 0 amide bonds. The summed E-state index contributed by atoms with van der Waals surface area (Å²) in [5, 5.41) is 0.947. The van der Waals surface area contributed by atoms with E-state index in [0.29, 0.717) is 17.9 Å². The molecule has 1 heterocycles. The first-order valence-corrected chi connectivity index (χ1v) is 8.06. The fourth-order valence-corrected chi connectivity index (χ4v) is 2.34. The van der Waals surface area contributed by atoms with Crippen LogP contribution in [0, 0.1) is 0 Å². The molecule has 0 N–H and O–H groups in total. The maximum Gasteiger partial charge on any atom is 0.338 e.